The van der Waals surface area contributed by atoms with Gasteiger partial charge in [-0.05, 0) is 87.9 Å². The van der Waals surface area contributed by atoms with Crippen molar-refractivity contribution < 1.29 is 64.5 Å². The molecule has 0 aliphatic carbocycles. The van der Waals surface area contributed by atoms with E-state index in [0.717, 1.165) is 41.8 Å². The lowest BCUT2D eigenvalue weighted by Gasteiger charge is -2.18. The molecule has 6 aromatic rings. The summed E-state index contributed by atoms with van der Waals surface area (Å²) in [5, 5.41) is 20.1. The first-order valence-electron chi connectivity index (χ1n) is 17.1. The number of carboxylic acids is 1. The van der Waals surface area contributed by atoms with E-state index >= 15 is 0 Å². The summed E-state index contributed by atoms with van der Waals surface area (Å²) in [5.74, 6) is -0.0796. The molecular formula is C44H45BrCl2F6N2O8. The number of oxazole rings is 2. The summed E-state index contributed by atoms with van der Waals surface area (Å²) in [7, 11) is 1.17. The summed E-state index contributed by atoms with van der Waals surface area (Å²) < 4.78 is 97.2. The van der Waals surface area contributed by atoms with E-state index in [9.17, 15) is 46.1 Å². The molecule has 2 N–H and O–H groups in total. The smallest absolute Gasteiger partial charge is 0.416 e. The van der Waals surface area contributed by atoms with E-state index in [2.05, 4.69) is 30.6 Å². The lowest BCUT2D eigenvalue weighted by atomic mass is 10.1. The van der Waals surface area contributed by atoms with E-state index in [0.29, 0.717) is 33.0 Å². The number of ether oxygens (including phenoxy) is 2. The molecular weight excluding hydrogens is 949 g/mol. The lowest BCUT2D eigenvalue weighted by Crippen LogP contribution is -2.19. The number of aromatic hydroxyl groups is 1. The first-order chi connectivity index (χ1) is 28.0. The summed E-state index contributed by atoms with van der Waals surface area (Å²) in [6, 6.07) is 17.6. The van der Waals surface area contributed by atoms with Gasteiger partial charge in [-0.15, -0.1) is 0 Å². The van der Waals surface area contributed by atoms with Crippen LogP contribution in [0.15, 0.2) is 93.8 Å². The molecule has 0 saturated carbocycles. The molecule has 63 heavy (non-hydrogen) atoms. The Morgan fingerprint density at radius 3 is 1.59 bits per heavy atom. The molecule has 0 spiro atoms. The monoisotopic (exact) mass is 992 g/mol. The van der Waals surface area contributed by atoms with Crippen LogP contribution in [-0.2, 0) is 26.7 Å². The fraction of sp³-hybridized carbons (Fsp3) is 0.273. The molecule has 2 heterocycles. The molecule has 0 fully saturated rings. The van der Waals surface area contributed by atoms with Crippen LogP contribution in [0.5, 0.6) is 11.5 Å². The number of phenols is 1. The number of hydrogen-bond donors (Lipinski definition) is 2. The van der Waals surface area contributed by atoms with Crippen molar-refractivity contribution in [3.05, 3.63) is 140 Å². The number of aryl methyl sites for hydroxylation is 4. The normalized spacial score (nSPS) is 11.7. The molecule has 342 valence electrons. The number of esters is 1. The van der Waals surface area contributed by atoms with Crippen molar-refractivity contribution in [1.29, 1.82) is 0 Å². The molecule has 10 nitrogen and oxygen atoms in total. The number of phenolic OH excluding ortho intramolecular Hbond substituents is 1. The maximum absolute atomic E-state index is 13.0. The summed E-state index contributed by atoms with van der Waals surface area (Å²) in [4.78, 5) is 30.4. The molecule has 19 heteroatoms. The number of rotatable bonds is 8. The van der Waals surface area contributed by atoms with E-state index in [4.69, 9.17) is 36.8 Å². The van der Waals surface area contributed by atoms with Crippen LogP contribution in [0, 0.1) is 27.7 Å². The van der Waals surface area contributed by atoms with Gasteiger partial charge in [-0.3, -0.25) is 4.79 Å². The van der Waals surface area contributed by atoms with Crippen molar-refractivity contribution in [2.24, 2.45) is 0 Å². The maximum atomic E-state index is 13.0. The van der Waals surface area contributed by atoms with Crippen molar-refractivity contribution in [2.75, 3.05) is 7.11 Å². The Balaban J connectivity index is 0.000000499. The molecule has 0 radical (unpaired) electrons. The van der Waals surface area contributed by atoms with Crippen molar-refractivity contribution in [3.63, 3.8) is 0 Å². The number of benzene rings is 4. The highest BCUT2D eigenvalue weighted by Gasteiger charge is 2.33. The lowest BCUT2D eigenvalue weighted by molar-refractivity contribution is -0.146. The zero-order chi connectivity index (χ0) is 44.7. The third kappa shape index (κ3) is 14.8. The van der Waals surface area contributed by atoms with Gasteiger partial charge in [-0.25, -0.2) is 14.8 Å². The number of carboxylic acid groups (broad SMARTS) is 1. The van der Waals surface area contributed by atoms with Gasteiger partial charge >= 0.3 is 24.3 Å². The molecule has 6 rings (SSSR count). The molecule has 4 aromatic carbocycles. The highest BCUT2D eigenvalue weighted by Crippen LogP contribution is 2.38. The summed E-state index contributed by atoms with van der Waals surface area (Å²) in [6.45, 7) is 7.12. The van der Waals surface area contributed by atoms with Crippen LogP contribution in [-0.4, -0.2) is 39.2 Å². The molecule has 2 unspecified atom stereocenters. The largest absolute Gasteiger partial charge is 0.507 e. The minimum Gasteiger partial charge on any atom is -0.507 e. The first kappa shape index (κ1) is 55.5. The van der Waals surface area contributed by atoms with Crippen LogP contribution in [0.4, 0.5) is 26.3 Å². The van der Waals surface area contributed by atoms with Crippen LogP contribution in [0.2, 0.25) is 10.0 Å². The summed E-state index contributed by atoms with van der Waals surface area (Å²) in [5.41, 5.74) is 0.515. The number of halogens is 9. The van der Waals surface area contributed by atoms with E-state index < -0.39 is 46.3 Å². The molecule has 0 bridgehead atoms. The number of alkyl halides is 7. The van der Waals surface area contributed by atoms with Gasteiger partial charge in [-0.2, -0.15) is 26.3 Å². The van der Waals surface area contributed by atoms with Gasteiger partial charge in [-0.1, -0.05) is 91.7 Å². The second-order valence-electron chi connectivity index (χ2n) is 12.6. The van der Waals surface area contributed by atoms with Gasteiger partial charge in [0.2, 0.25) is 17.9 Å². The predicted molar refractivity (Wildman–Crippen MR) is 232 cm³/mol. The molecule has 0 aliphatic rings. The van der Waals surface area contributed by atoms with Crippen molar-refractivity contribution >= 4 is 51.1 Å². The minimum atomic E-state index is -4.61. The van der Waals surface area contributed by atoms with Crippen molar-refractivity contribution in [3.8, 4) is 34.4 Å². The Kier molecular flexibility index (Phi) is 20.5. The molecule has 2 aromatic heterocycles. The Morgan fingerprint density at radius 1 is 0.698 bits per heavy atom. The van der Waals surface area contributed by atoms with Crippen molar-refractivity contribution in [1.82, 2.24) is 9.97 Å². The van der Waals surface area contributed by atoms with Gasteiger partial charge in [0.1, 0.15) is 27.8 Å². The fourth-order valence-corrected chi connectivity index (χ4v) is 5.82. The second-order valence-corrected chi connectivity index (χ2v) is 14.4. The van der Waals surface area contributed by atoms with Crippen molar-refractivity contribution in [2.45, 2.75) is 73.3 Å². The standard InChI is InChI=1S/C20H15ClF3NO4.C11H10ClNO2.C10H8BrF3O2.3CH4/c1-10-11(2)28-18(25-10)15-9-14(21)6-7-16(15)29-17(19(26)27)12-4-3-5-13(8-12)20(22,23)24;1-6-7(2)15-11(13-6)9-5-8(12)3-4-10(9)14;1-16-9(15)8(11)6-3-2-4-7(5-6)10(12,13)14;;;/h3-9,17H,1-2H3,(H,26,27);3-5,14H,1-2H3;2-5,8H,1H3;3*1H4. The molecule has 0 saturated heterocycles. The van der Waals surface area contributed by atoms with E-state index in [-0.39, 0.29) is 56.4 Å². The van der Waals surface area contributed by atoms with Crippen LogP contribution in [0.25, 0.3) is 22.9 Å². The number of hydrogen-bond acceptors (Lipinski definition) is 9. The summed E-state index contributed by atoms with van der Waals surface area (Å²) in [6.07, 6.45) is -10.7. The zero-order valence-corrected chi connectivity index (χ0v) is 35.0. The van der Waals surface area contributed by atoms with Crippen LogP contribution in [0.1, 0.15) is 78.4 Å². The summed E-state index contributed by atoms with van der Waals surface area (Å²) >= 11 is 14.8. The Bertz CT molecular complexity index is 2430. The Hall–Kier alpha value is -5.52. The van der Waals surface area contributed by atoms with E-state index in [1.54, 1.807) is 26.0 Å². The maximum Gasteiger partial charge on any atom is 0.416 e. The molecule has 0 amide bonds. The number of carbonyl (C=O) groups is 2. The predicted octanol–water partition coefficient (Wildman–Crippen LogP) is 14.4. The SMILES string of the molecule is C.C.C.COC(=O)C(Br)c1cccc(C(F)(F)F)c1.Cc1nc(-c2cc(Cl)ccc2O)oc1C.Cc1nc(-c2cc(Cl)ccc2OC(C(=O)O)c2cccc(C(F)(F)F)c2)oc1C. The van der Waals surface area contributed by atoms with Crippen LogP contribution in [0.3, 0.4) is 0 Å². The number of aromatic nitrogens is 2. The topological polar surface area (TPSA) is 145 Å². The van der Waals surface area contributed by atoms with E-state index in [1.165, 1.54) is 49.6 Å². The quantitative estimate of drug-likeness (QED) is 0.0859. The van der Waals surface area contributed by atoms with Gasteiger partial charge in [0, 0.05) is 15.6 Å². The fourth-order valence-electron chi connectivity index (χ4n) is 5.01. The number of aliphatic carboxylic acids is 1. The number of nitrogens with zero attached hydrogens (tertiary/aromatic N) is 2. The second kappa shape index (κ2) is 23.2. The molecule has 0 aliphatic heterocycles. The van der Waals surface area contributed by atoms with Gasteiger partial charge in [0.25, 0.3) is 0 Å². The Labute approximate surface area is 378 Å². The highest BCUT2D eigenvalue weighted by atomic mass is 79.9. The van der Waals surface area contributed by atoms with E-state index in [1.807, 2.05) is 13.8 Å². The third-order valence-electron chi connectivity index (χ3n) is 8.32. The third-order valence-corrected chi connectivity index (χ3v) is 9.69. The Morgan fingerprint density at radius 2 is 1.14 bits per heavy atom. The average Bonchev–Trinajstić information content (AvgIpc) is 3.72. The van der Waals surface area contributed by atoms with Gasteiger partial charge in [0.15, 0.2) is 0 Å². The number of carbonyl (C=O) groups excluding carboxylic acids is 1. The number of methoxy groups -OCH3 is 1. The molecule has 2 atom stereocenters. The van der Waals surface area contributed by atoms with Gasteiger partial charge < -0.3 is 28.5 Å². The zero-order valence-electron chi connectivity index (χ0n) is 31.9. The van der Waals surface area contributed by atoms with Crippen LogP contribution >= 0.6 is 39.1 Å². The van der Waals surface area contributed by atoms with Crippen LogP contribution < -0.4 is 4.74 Å². The highest BCUT2D eigenvalue weighted by molar-refractivity contribution is 9.09. The van der Waals surface area contributed by atoms with Gasteiger partial charge in [0.05, 0.1) is 40.8 Å². The minimum absolute atomic E-state index is 0. The first-order valence-corrected chi connectivity index (χ1v) is 18.8. The average molecular weight is 995 g/mol.